The highest BCUT2D eigenvalue weighted by atomic mass is 19.1. The highest BCUT2D eigenvalue weighted by Crippen LogP contribution is 2.32. The fourth-order valence-corrected chi connectivity index (χ4v) is 4.34. The molecule has 2 amide bonds. The lowest BCUT2D eigenvalue weighted by Gasteiger charge is -2.36. The van der Waals surface area contributed by atoms with Crippen molar-refractivity contribution in [3.05, 3.63) is 47.2 Å². The molecule has 1 saturated heterocycles. The van der Waals surface area contributed by atoms with Crippen LogP contribution < -0.4 is 10.1 Å². The van der Waals surface area contributed by atoms with Gasteiger partial charge in [-0.25, -0.2) is 14.4 Å². The molecule has 0 aliphatic carbocycles. The van der Waals surface area contributed by atoms with E-state index < -0.39 is 5.82 Å². The van der Waals surface area contributed by atoms with E-state index in [1.54, 1.807) is 35.9 Å². The number of para-hydroxylation sites is 1. The summed E-state index contributed by atoms with van der Waals surface area (Å²) in [6.45, 7) is 3.00. The highest BCUT2D eigenvalue weighted by Gasteiger charge is 2.32. The predicted molar refractivity (Wildman–Crippen MR) is 117 cm³/mol. The first-order valence-corrected chi connectivity index (χ1v) is 11.0. The van der Waals surface area contributed by atoms with Crippen molar-refractivity contribution in [2.24, 2.45) is 0 Å². The molecule has 2 aromatic rings. The molecule has 0 bridgehead atoms. The molecule has 170 valence electrons. The van der Waals surface area contributed by atoms with Crippen LogP contribution in [0.4, 0.5) is 10.2 Å². The number of carbonyl (C=O) groups is 2. The van der Waals surface area contributed by atoms with Gasteiger partial charge in [0.2, 0.25) is 5.91 Å². The Labute approximate surface area is 186 Å². The van der Waals surface area contributed by atoms with E-state index in [1.807, 2.05) is 0 Å². The summed E-state index contributed by atoms with van der Waals surface area (Å²) in [5, 5.41) is 3.13. The summed E-state index contributed by atoms with van der Waals surface area (Å²) in [5.74, 6) is 0.673. The van der Waals surface area contributed by atoms with Crippen LogP contribution in [-0.4, -0.2) is 58.3 Å². The minimum Gasteiger partial charge on any atom is -0.481 e. The van der Waals surface area contributed by atoms with E-state index in [0.29, 0.717) is 37.7 Å². The number of rotatable bonds is 5. The summed E-state index contributed by atoms with van der Waals surface area (Å²) >= 11 is 0. The zero-order valence-corrected chi connectivity index (χ0v) is 18.4. The first kappa shape index (κ1) is 22.0. The van der Waals surface area contributed by atoms with Crippen LogP contribution in [-0.2, 0) is 22.6 Å². The molecule has 2 aliphatic rings. The fraction of sp³-hybridized carbons (Fsp3) is 0.478. The SMILES string of the molecule is CNc1nc([C@@H]2CCCCN2C(=O)COc2ccccc2F)nc2c1CN(C(C)=O)CC2. The molecule has 9 heteroatoms. The fourth-order valence-electron chi connectivity index (χ4n) is 4.34. The Morgan fingerprint density at radius 2 is 2.03 bits per heavy atom. The van der Waals surface area contributed by atoms with Gasteiger partial charge in [-0.15, -0.1) is 0 Å². The van der Waals surface area contributed by atoms with Gasteiger partial charge in [0.15, 0.2) is 24.0 Å². The molecule has 1 N–H and O–H groups in total. The van der Waals surface area contributed by atoms with Gasteiger partial charge in [0.05, 0.1) is 18.3 Å². The number of aromatic nitrogens is 2. The van der Waals surface area contributed by atoms with Crippen molar-refractivity contribution >= 4 is 17.6 Å². The van der Waals surface area contributed by atoms with E-state index in [1.165, 1.54) is 12.1 Å². The quantitative estimate of drug-likeness (QED) is 0.768. The van der Waals surface area contributed by atoms with Crippen LogP contribution in [0.1, 0.15) is 49.3 Å². The number of nitrogens with zero attached hydrogens (tertiary/aromatic N) is 4. The summed E-state index contributed by atoms with van der Waals surface area (Å²) in [5.41, 5.74) is 1.84. The molecule has 1 aromatic carbocycles. The van der Waals surface area contributed by atoms with Gasteiger partial charge in [0, 0.05) is 39.0 Å². The van der Waals surface area contributed by atoms with Crippen LogP contribution in [0.2, 0.25) is 0 Å². The molecular formula is C23H28FN5O3. The molecule has 0 radical (unpaired) electrons. The summed E-state index contributed by atoms with van der Waals surface area (Å²) in [4.78, 5) is 37.9. The van der Waals surface area contributed by atoms with Crippen LogP contribution in [0.25, 0.3) is 0 Å². The van der Waals surface area contributed by atoms with Gasteiger partial charge in [-0.05, 0) is 31.4 Å². The van der Waals surface area contributed by atoms with Crippen LogP contribution in [0.15, 0.2) is 24.3 Å². The summed E-state index contributed by atoms with van der Waals surface area (Å²) in [6.07, 6.45) is 3.26. The number of ether oxygens (including phenoxy) is 1. The molecule has 3 heterocycles. The maximum atomic E-state index is 13.8. The average Bonchev–Trinajstić information content (AvgIpc) is 2.82. The third-order valence-electron chi connectivity index (χ3n) is 6.07. The maximum absolute atomic E-state index is 13.8. The van der Waals surface area contributed by atoms with E-state index in [-0.39, 0.29) is 30.2 Å². The van der Waals surface area contributed by atoms with Gasteiger partial charge in [-0.1, -0.05) is 12.1 Å². The van der Waals surface area contributed by atoms with Gasteiger partial charge in [-0.2, -0.15) is 0 Å². The zero-order chi connectivity index (χ0) is 22.7. The Hall–Kier alpha value is -3.23. The standard InChI is InChI=1S/C23H28FN5O3/c1-15(30)28-12-10-18-16(13-28)22(25-2)27-23(26-18)19-8-5-6-11-29(19)21(31)14-32-20-9-4-3-7-17(20)24/h3-4,7,9,19H,5-6,8,10-14H2,1-2H3,(H,25,26,27)/t19-/m0/s1. The molecule has 2 aliphatic heterocycles. The van der Waals surface area contributed by atoms with Gasteiger partial charge in [0.25, 0.3) is 5.91 Å². The zero-order valence-electron chi connectivity index (χ0n) is 18.4. The van der Waals surface area contributed by atoms with Crippen LogP contribution in [0.3, 0.4) is 0 Å². The van der Waals surface area contributed by atoms with E-state index in [9.17, 15) is 14.0 Å². The number of likely N-dealkylation sites (tertiary alicyclic amines) is 1. The molecule has 1 aromatic heterocycles. The number of fused-ring (bicyclic) bond motifs is 1. The molecule has 1 fully saturated rings. The Morgan fingerprint density at radius 3 is 2.78 bits per heavy atom. The number of anilines is 1. The smallest absolute Gasteiger partial charge is 0.261 e. The van der Waals surface area contributed by atoms with Gasteiger partial charge in [0.1, 0.15) is 5.82 Å². The number of hydrogen-bond acceptors (Lipinski definition) is 6. The number of piperidine rings is 1. The molecule has 4 rings (SSSR count). The molecule has 0 spiro atoms. The molecule has 1 atom stereocenters. The second-order valence-corrected chi connectivity index (χ2v) is 8.11. The summed E-state index contributed by atoms with van der Waals surface area (Å²) in [6, 6.07) is 5.79. The minimum atomic E-state index is -0.494. The lowest BCUT2D eigenvalue weighted by atomic mass is 10.00. The Bertz CT molecular complexity index is 998. The van der Waals surface area contributed by atoms with Crippen molar-refractivity contribution < 1.29 is 18.7 Å². The second kappa shape index (κ2) is 9.50. The number of amides is 2. The summed E-state index contributed by atoms with van der Waals surface area (Å²) < 4.78 is 19.3. The number of carbonyl (C=O) groups excluding carboxylic acids is 2. The number of nitrogens with one attached hydrogen (secondary N) is 1. The summed E-state index contributed by atoms with van der Waals surface area (Å²) in [7, 11) is 1.80. The van der Waals surface area contributed by atoms with E-state index in [4.69, 9.17) is 14.7 Å². The Kier molecular flexibility index (Phi) is 6.53. The Morgan fingerprint density at radius 1 is 1.22 bits per heavy atom. The second-order valence-electron chi connectivity index (χ2n) is 8.11. The van der Waals surface area contributed by atoms with Gasteiger partial charge >= 0.3 is 0 Å². The molecule has 8 nitrogen and oxygen atoms in total. The van der Waals surface area contributed by atoms with E-state index in [0.717, 1.165) is 30.5 Å². The van der Waals surface area contributed by atoms with Gasteiger partial charge < -0.3 is 19.9 Å². The molecule has 0 unspecified atom stereocenters. The van der Waals surface area contributed by atoms with Crippen molar-refractivity contribution in [1.29, 1.82) is 0 Å². The van der Waals surface area contributed by atoms with Crippen molar-refractivity contribution in [3.63, 3.8) is 0 Å². The predicted octanol–water partition coefficient (Wildman–Crippen LogP) is 2.69. The first-order chi connectivity index (χ1) is 15.5. The van der Waals surface area contributed by atoms with E-state index in [2.05, 4.69) is 5.32 Å². The van der Waals surface area contributed by atoms with Crippen molar-refractivity contribution in [2.75, 3.05) is 32.1 Å². The van der Waals surface area contributed by atoms with E-state index >= 15 is 0 Å². The highest BCUT2D eigenvalue weighted by molar-refractivity contribution is 5.78. The van der Waals surface area contributed by atoms with Crippen LogP contribution in [0, 0.1) is 5.82 Å². The van der Waals surface area contributed by atoms with Crippen molar-refractivity contribution in [3.8, 4) is 5.75 Å². The molecular weight excluding hydrogens is 413 g/mol. The lowest BCUT2D eigenvalue weighted by molar-refractivity contribution is -0.137. The number of benzene rings is 1. The van der Waals surface area contributed by atoms with Crippen LogP contribution in [0.5, 0.6) is 5.75 Å². The number of hydrogen-bond donors (Lipinski definition) is 1. The average molecular weight is 442 g/mol. The van der Waals surface area contributed by atoms with Crippen molar-refractivity contribution in [1.82, 2.24) is 19.8 Å². The maximum Gasteiger partial charge on any atom is 0.261 e. The largest absolute Gasteiger partial charge is 0.481 e. The first-order valence-electron chi connectivity index (χ1n) is 11.0. The lowest BCUT2D eigenvalue weighted by Crippen LogP contribution is -2.42. The third-order valence-corrected chi connectivity index (χ3v) is 6.07. The molecule has 32 heavy (non-hydrogen) atoms. The molecule has 0 saturated carbocycles. The third kappa shape index (κ3) is 4.51. The van der Waals surface area contributed by atoms with Crippen molar-refractivity contribution in [2.45, 2.75) is 45.2 Å². The van der Waals surface area contributed by atoms with Crippen LogP contribution >= 0.6 is 0 Å². The monoisotopic (exact) mass is 441 g/mol. The minimum absolute atomic E-state index is 0.0284. The Balaban J connectivity index is 1.55. The topological polar surface area (TPSA) is 87.7 Å². The number of halogens is 1. The normalized spacial score (nSPS) is 18.2. The van der Waals surface area contributed by atoms with Gasteiger partial charge in [-0.3, -0.25) is 9.59 Å².